The van der Waals surface area contributed by atoms with Gasteiger partial charge in [0.25, 0.3) is 0 Å². The van der Waals surface area contributed by atoms with Crippen molar-refractivity contribution in [1.82, 2.24) is 0 Å². The maximum Gasteiger partial charge on any atom is 0.224 e. The van der Waals surface area contributed by atoms with Crippen LogP contribution >= 0.6 is 0 Å². The highest BCUT2D eigenvalue weighted by molar-refractivity contribution is 5.91. The van der Waals surface area contributed by atoms with E-state index in [0.717, 1.165) is 11.3 Å². The van der Waals surface area contributed by atoms with Crippen LogP contribution in [0.4, 0.5) is 5.69 Å². The van der Waals surface area contributed by atoms with Crippen LogP contribution in [0.3, 0.4) is 0 Å². The van der Waals surface area contributed by atoms with Crippen molar-refractivity contribution in [1.29, 1.82) is 0 Å². The Hall–Kier alpha value is -1.43. The van der Waals surface area contributed by atoms with E-state index in [1.165, 1.54) is 0 Å². The summed E-state index contributed by atoms with van der Waals surface area (Å²) in [6.45, 7) is 6.17. The molecule has 5 nitrogen and oxygen atoms in total. The quantitative estimate of drug-likeness (QED) is 0.649. The summed E-state index contributed by atoms with van der Waals surface area (Å²) in [6, 6.07) is 7.56. The summed E-state index contributed by atoms with van der Waals surface area (Å²) < 4.78 is 10.8. The first-order valence-electron chi connectivity index (χ1n) is 7.44. The first-order chi connectivity index (χ1) is 10.2. The van der Waals surface area contributed by atoms with Crippen LogP contribution < -0.4 is 11.1 Å². The number of carbonyl (C=O) groups is 1. The lowest BCUT2D eigenvalue weighted by atomic mass is 10.1. The third-order valence-corrected chi connectivity index (χ3v) is 3.02. The van der Waals surface area contributed by atoms with Gasteiger partial charge in [0.05, 0.1) is 12.7 Å². The van der Waals surface area contributed by atoms with Crippen molar-refractivity contribution < 1.29 is 14.3 Å². The Bertz CT molecular complexity index is 424. The molecule has 118 valence electrons. The lowest BCUT2D eigenvalue weighted by Crippen LogP contribution is -2.18. The van der Waals surface area contributed by atoms with E-state index in [1.54, 1.807) is 0 Å². The van der Waals surface area contributed by atoms with Gasteiger partial charge in [-0.15, -0.1) is 0 Å². The monoisotopic (exact) mass is 294 g/mol. The Morgan fingerprint density at radius 1 is 1.38 bits per heavy atom. The molecule has 0 aliphatic heterocycles. The van der Waals surface area contributed by atoms with Crippen molar-refractivity contribution in [2.45, 2.75) is 39.3 Å². The minimum Gasteiger partial charge on any atom is -0.379 e. The molecule has 1 atom stereocenters. The van der Waals surface area contributed by atoms with Gasteiger partial charge in [-0.1, -0.05) is 18.2 Å². The summed E-state index contributed by atoms with van der Waals surface area (Å²) in [5, 5.41) is 2.88. The number of para-hydroxylation sites is 1. The molecular weight excluding hydrogens is 268 g/mol. The third-order valence-electron chi connectivity index (χ3n) is 3.02. The van der Waals surface area contributed by atoms with Crippen LogP contribution in [-0.2, 0) is 20.8 Å². The molecule has 0 saturated carbocycles. The van der Waals surface area contributed by atoms with Crippen molar-refractivity contribution in [2.24, 2.45) is 5.73 Å². The highest BCUT2D eigenvalue weighted by Gasteiger charge is 2.06. The van der Waals surface area contributed by atoms with Gasteiger partial charge in [0.15, 0.2) is 0 Å². The van der Waals surface area contributed by atoms with E-state index in [2.05, 4.69) is 5.32 Å². The lowest BCUT2D eigenvalue weighted by Gasteiger charge is -2.13. The van der Waals surface area contributed by atoms with E-state index < -0.39 is 0 Å². The van der Waals surface area contributed by atoms with Crippen LogP contribution in [0.25, 0.3) is 0 Å². The molecule has 0 bridgehead atoms. The van der Waals surface area contributed by atoms with E-state index in [9.17, 15) is 4.79 Å². The van der Waals surface area contributed by atoms with Crippen molar-refractivity contribution in [3.05, 3.63) is 29.8 Å². The Morgan fingerprint density at radius 3 is 2.86 bits per heavy atom. The largest absolute Gasteiger partial charge is 0.379 e. The average Bonchev–Trinajstić information content (AvgIpc) is 2.50. The van der Waals surface area contributed by atoms with Crippen molar-refractivity contribution in [3.63, 3.8) is 0 Å². The molecule has 0 spiro atoms. The zero-order chi connectivity index (χ0) is 15.5. The first-order valence-corrected chi connectivity index (χ1v) is 7.44. The number of benzene rings is 1. The van der Waals surface area contributed by atoms with Crippen LogP contribution in [0.5, 0.6) is 0 Å². The molecular formula is C16H26N2O3. The lowest BCUT2D eigenvalue weighted by molar-refractivity contribution is -0.116. The summed E-state index contributed by atoms with van der Waals surface area (Å²) in [7, 11) is 0. The molecule has 0 fully saturated rings. The highest BCUT2D eigenvalue weighted by atomic mass is 16.5. The molecule has 5 heteroatoms. The maximum atomic E-state index is 11.9. The molecule has 1 aromatic carbocycles. The van der Waals surface area contributed by atoms with Gasteiger partial charge in [-0.3, -0.25) is 4.79 Å². The average molecular weight is 294 g/mol. The maximum absolute atomic E-state index is 11.9. The number of carbonyl (C=O) groups excluding carboxylic acids is 1. The van der Waals surface area contributed by atoms with E-state index in [0.29, 0.717) is 39.2 Å². The zero-order valence-corrected chi connectivity index (χ0v) is 12.9. The molecule has 1 aromatic rings. The van der Waals surface area contributed by atoms with E-state index in [-0.39, 0.29) is 12.0 Å². The summed E-state index contributed by atoms with van der Waals surface area (Å²) in [4.78, 5) is 11.9. The standard InChI is InChI=1S/C16H26N2O3/c1-3-20-12-13(2)21-10-6-9-16(19)18-15-8-5-4-7-14(15)11-17/h4-5,7-8,13H,3,6,9-12,17H2,1-2H3,(H,18,19). The summed E-state index contributed by atoms with van der Waals surface area (Å²) in [6.07, 6.45) is 1.18. The number of ether oxygens (including phenoxy) is 2. The Morgan fingerprint density at radius 2 is 2.14 bits per heavy atom. The van der Waals surface area contributed by atoms with E-state index in [1.807, 2.05) is 38.1 Å². The molecule has 1 amide bonds. The van der Waals surface area contributed by atoms with Gasteiger partial charge in [-0.25, -0.2) is 0 Å². The number of nitrogens with one attached hydrogen (secondary N) is 1. The van der Waals surface area contributed by atoms with E-state index in [4.69, 9.17) is 15.2 Å². The van der Waals surface area contributed by atoms with Crippen molar-refractivity contribution >= 4 is 11.6 Å². The molecule has 0 aromatic heterocycles. The second-order valence-corrected chi connectivity index (χ2v) is 4.85. The fraction of sp³-hybridized carbons (Fsp3) is 0.562. The molecule has 1 unspecified atom stereocenters. The van der Waals surface area contributed by atoms with Crippen LogP contribution in [0, 0.1) is 0 Å². The van der Waals surface area contributed by atoms with Crippen LogP contribution in [0.2, 0.25) is 0 Å². The number of hydrogen-bond donors (Lipinski definition) is 2. The molecule has 0 aliphatic rings. The Balaban J connectivity index is 2.22. The van der Waals surface area contributed by atoms with Gasteiger partial charge in [0.2, 0.25) is 5.91 Å². The molecule has 0 saturated heterocycles. The first kappa shape index (κ1) is 17.6. The smallest absolute Gasteiger partial charge is 0.224 e. The number of hydrogen-bond acceptors (Lipinski definition) is 4. The molecule has 3 N–H and O–H groups in total. The highest BCUT2D eigenvalue weighted by Crippen LogP contribution is 2.14. The topological polar surface area (TPSA) is 73.6 Å². The number of rotatable bonds is 10. The zero-order valence-electron chi connectivity index (χ0n) is 12.9. The normalized spacial score (nSPS) is 12.1. The fourth-order valence-electron chi connectivity index (χ4n) is 1.88. The van der Waals surface area contributed by atoms with Crippen molar-refractivity contribution in [2.75, 3.05) is 25.1 Å². The van der Waals surface area contributed by atoms with Crippen LogP contribution in [0.1, 0.15) is 32.3 Å². The molecule has 21 heavy (non-hydrogen) atoms. The second-order valence-electron chi connectivity index (χ2n) is 4.85. The fourth-order valence-corrected chi connectivity index (χ4v) is 1.88. The minimum atomic E-state index is -0.0167. The SMILES string of the molecule is CCOCC(C)OCCCC(=O)Nc1ccccc1CN. The number of anilines is 1. The molecule has 0 radical (unpaired) electrons. The Kier molecular flexibility index (Phi) is 8.66. The molecule has 1 rings (SSSR count). The third kappa shape index (κ3) is 7.22. The van der Waals surface area contributed by atoms with Gasteiger partial charge in [-0.05, 0) is 31.9 Å². The summed E-state index contributed by atoms with van der Waals surface area (Å²) >= 11 is 0. The van der Waals surface area contributed by atoms with Gasteiger partial charge in [-0.2, -0.15) is 0 Å². The second kappa shape index (κ2) is 10.3. The van der Waals surface area contributed by atoms with Gasteiger partial charge in [0.1, 0.15) is 0 Å². The van der Waals surface area contributed by atoms with Gasteiger partial charge < -0.3 is 20.5 Å². The summed E-state index contributed by atoms with van der Waals surface area (Å²) in [5.74, 6) is -0.0167. The van der Waals surface area contributed by atoms with Crippen molar-refractivity contribution in [3.8, 4) is 0 Å². The minimum absolute atomic E-state index is 0.0167. The summed E-state index contributed by atoms with van der Waals surface area (Å²) in [5.41, 5.74) is 7.36. The van der Waals surface area contributed by atoms with Gasteiger partial charge >= 0.3 is 0 Å². The predicted octanol–water partition coefficient (Wildman–Crippen LogP) is 2.31. The number of amides is 1. The molecule has 0 heterocycles. The van der Waals surface area contributed by atoms with Crippen LogP contribution in [0.15, 0.2) is 24.3 Å². The van der Waals surface area contributed by atoms with Crippen LogP contribution in [-0.4, -0.2) is 31.8 Å². The Labute approximate surface area is 126 Å². The molecule has 0 aliphatic carbocycles. The van der Waals surface area contributed by atoms with Gasteiger partial charge in [0, 0.05) is 31.9 Å². The number of nitrogens with two attached hydrogens (primary N) is 1. The predicted molar refractivity (Wildman–Crippen MR) is 84.1 cm³/mol. The van der Waals surface area contributed by atoms with E-state index >= 15 is 0 Å².